The first kappa shape index (κ1) is 19.4. The van der Waals surface area contributed by atoms with E-state index in [0.29, 0.717) is 17.1 Å². The van der Waals surface area contributed by atoms with Crippen LogP contribution < -0.4 is 16.8 Å². The minimum Gasteiger partial charge on any atom is -0.382 e. The maximum Gasteiger partial charge on any atom is 0.224 e. The van der Waals surface area contributed by atoms with Gasteiger partial charge in [0.05, 0.1) is 22.9 Å². The zero-order valence-corrected chi connectivity index (χ0v) is 16.8. The third-order valence-corrected chi connectivity index (χ3v) is 5.06. The van der Waals surface area contributed by atoms with E-state index in [1.807, 2.05) is 35.9 Å². The lowest BCUT2D eigenvalue weighted by molar-refractivity contribution is 0.747. The van der Waals surface area contributed by atoms with Gasteiger partial charge in [-0.1, -0.05) is 18.5 Å². The Labute approximate surface area is 177 Å². The molecule has 0 bridgehead atoms. The normalized spacial score (nSPS) is 11.9. The van der Waals surface area contributed by atoms with E-state index in [-0.39, 0.29) is 29.2 Å². The number of aromatic nitrogens is 5. The zero-order chi connectivity index (χ0) is 21.3. The largest absolute Gasteiger partial charge is 0.382 e. The van der Waals surface area contributed by atoms with E-state index in [9.17, 15) is 5.26 Å². The Hall–Kier alpha value is -3.90. The van der Waals surface area contributed by atoms with Crippen LogP contribution in [0.15, 0.2) is 43.0 Å². The Morgan fingerprint density at radius 3 is 2.80 bits per heavy atom. The number of nitriles is 1. The molecule has 4 aromatic rings. The molecule has 30 heavy (non-hydrogen) atoms. The summed E-state index contributed by atoms with van der Waals surface area (Å²) in [6, 6.07) is 7.33. The van der Waals surface area contributed by atoms with Crippen molar-refractivity contribution in [2.75, 3.05) is 16.8 Å². The van der Waals surface area contributed by atoms with Crippen molar-refractivity contribution in [1.82, 2.24) is 24.5 Å². The molecule has 0 amide bonds. The van der Waals surface area contributed by atoms with Crippen LogP contribution >= 0.6 is 11.6 Å². The molecule has 0 unspecified atom stereocenters. The first-order chi connectivity index (χ1) is 14.5. The van der Waals surface area contributed by atoms with Crippen LogP contribution in [0.2, 0.25) is 5.02 Å². The predicted molar refractivity (Wildman–Crippen MR) is 116 cm³/mol. The van der Waals surface area contributed by atoms with Gasteiger partial charge in [-0.15, -0.1) is 0 Å². The Balaban J connectivity index is 1.87. The number of hydrogen-bond donors (Lipinski definition) is 3. The summed E-state index contributed by atoms with van der Waals surface area (Å²) in [7, 11) is 0. The van der Waals surface area contributed by atoms with Crippen LogP contribution in [0, 0.1) is 11.3 Å². The molecule has 150 valence electrons. The lowest BCUT2D eigenvalue weighted by atomic mass is 10.0. The SMILES string of the molecule is CC[C@H](Nc1nc(N)nc(N)c1C#N)c1cn(-c2cccnc2)c2nccc(Cl)c12. The summed E-state index contributed by atoms with van der Waals surface area (Å²) in [6.45, 7) is 2.01. The van der Waals surface area contributed by atoms with Crippen LogP contribution in [0.25, 0.3) is 16.7 Å². The molecule has 4 aromatic heterocycles. The highest BCUT2D eigenvalue weighted by atomic mass is 35.5. The Morgan fingerprint density at radius 1 is 1.27 bits per heavy atom. The molecule has 0 aliphatic heterocycles. The second kappa shape index (κ2) is 7.85. The standard InChI is InChI=1S/C20H18ClN9/c1-2-15(27-18-12(8-22)17(23)28-20(24)29-18)13-10-30(11-4-3-6-25-9-11)19-16(13)14(21)5-7-26-19/h3-7,9-10,15H,2H2,1H3,(H5,23,24,27,28,29)/t15-/m0/s1. The van der Waals surface area contributed by atoms with Gasteiger partial charge in [0.2, 0.25) is 5.95 Å². The molecule has 5 N–H and O–H groups in total. The van der Waals surface area contributed by atoms with Gasteiger partial charge in [0, 0.05) is 29.5 Å². The molecule has 0 fully saturated rings. The number of nitrogens with one attached hydrogen (secondary N) is 1. The number of nitrogens with zero attached hydrogens (tertiary/aromatic N) is 6. The van der Waals surface area contributed by atoms with Gasteiger partial charge in [-0.2, -0.15) is 15.2 Å². The van der Waals surface area contributed by atoms with E-state index in [0.717, 1.165) is 16.6 Å². The number of fused-ring (bicyclic) bond motifs is 1. The summed E-state index contributed by atoms with van der Waals surface area (Å²) in [4.78, 5) is 16.8. The van der Waals surface area contributed by atoms with Gasteiger partial charge in [0.1, 0.15) is 23.1 Å². The van der Waals surface area contributed by atoms with Crippen molar-refractivity contribution in [3.63, 3.8) is 0 Å². The average molecular weight is 420 g/mol. The van der Waals surface area contributed by atoms with Gasteiger partial charge >= 0.3 is 0 Å². The number of nitrogen functional groups attached to an aromatic ring is 2. The fraction of sp³-hybridized carbons (Fsp3) is 0.150. The average Bonchev–Trinajstić information content (AvgIpc) is 3.13. The van der Waals surface area contributed by atoms with E-state index in [2.05, 4.69) is 25.3 Å². The third kappa shape index (κ3) is 3.33. The Bertz CT molecular complexity index is 1260. The van der Waals surface area contributed by atoms with Crippen molar-refractivity contribution in [3.8, 4) is 11.8 Å². The lowest BCUT2D eigenvalue weighted by Crippen LogP contribution is -2.14. The van der Waals surface area contributed by atoms with Gasteiger partial charge in [0.15, 0.2) is 5.82 Å². The van der Waals surface area contributed by atoms with Gasteiger partial charge in [-0.3, -0.25) is 9.55 Å². The van der Waals surface area contributed by atoms with Crippen molar-refractivity contribution in [3.05, 3.63) is 59.1 Å². The van der Waals surface area contributed by atoms with Crippen LogP contribution in [0.3, 0.4) is 0 Å². The van der Waals surface area contributed by atoms with Crippen LogP contribution in [0.5, 0.6) is 0 Å². The van der Waals surface area contributed by atoms with E-state index in [1.165, 1.54) is 0 Å². The van der Waals surface area contributed by atoms with Crippen molar-refractivity contribution in [1.29, 1.82) is 5.26 Å². The first-order valence-electron chi connectivity index (χ1n) is 9.19. The number of hydrogen-bond acceptors (Lipinski definition) is 8. The Kier molecular flexibility index (Phi) is 5.08. The molecule has 0 saturated carbocycles. The van der Waals surface area contributed by atoms with Crippen LogP contribution in [0.1, 0.15) is 30.5 Å². The number of anilines is 3. The minimum atomic E-state index is -0.243. The maximum atomic E-state index is 9.48. The topological polar surface area (TPSA) is 144 Å². The van der Waals surface area contributed by atoms with E-state index >= 15 is 0 Å². The third-order valence-electron chi connectivity index (χ3n) is 4.75. The zero-order valence-electron chi connectivity index (χ0n) is 16.0. The van der Waals surface area contributed by atoms with Crippen LogP contribution in [0.4, 0.5) is 17.6 Å². The number of halogens is 1. The summed E-state index contributed by atoms with van der Waals surface area (Å²) in [5, 5.41) is 14.1. The fourth-order valence-electron chi connectivity index (χ4n) is 3.38. The molecular formula is C20H18ClN9. The minimum absolute atomic E-state index is 0.0126. The summed E-state index contributed by atoms with van der Waals surface area (Å²) >= 11 is 6.56. The molecule has 1 atom stereocenters. The van der Waals surface area contributed by atoms with E-state index < -0.39 is 0 Å². The number of pyridine rings is 2. The highest BCUT2D eigenvalue weighted by Gasteiger charge is 2.22. The van der Waals surface area contributed by atoms with Crippen molar-refractivity contribution >= 4 is 40.2 Å². The van der Waals surface area contributed by atoms with Crippen LogP contribution in [-0.2, 0) is 0 Å². The maximum absolute atomic E-state index is 9.48. The highest BCUT2D eigenvalue weighted by Crippen LogP contribution is 2.36. The van der Waals surface area contributed by atoms with Crippen molar-refractivity contribution < 1.29 is 0 Å². The Morgan fingerprint density at radius 2 is 2.10 bits per heavy atom. The molecule has 10 heteroatoms. The second-order valence-electron chi connectivity index (χ2n) is 6.56. The molecule has 0 spiro atoms. The monoisotopic (exact) mass is 419 g/mol. The molecular weight excluding hydrogens is 402 g/mol. The van der Waals surface area contributed by atoms with Gasteiger partial charge < -0.3 is 16.8 Å². The van der Waals surface area contributed by atoms with Crippen molar-refractivity contribution in [2.24, 2.45) is 0 Å². The van der Waals surface area contributed by atoms with E-state index in [4.69, 9.17) is 23.1 Å². The van der Waals surface area contributed by atoms with Crippen molar-refractivity contribution in [2.45, 2.75) is 19.4 Å². The molecule has 0 saturated heterocycles. The number of nitrogens with two attached hydrogens (primary N) is 2. The quantitative estimate of drug-likeness (QED) is 0.446. The lowest BCUT2D eigenvalue weighted by Gasteiger charge is -2.19. The summed E-state index contributed by atoms with van der Waals surface area (Å²) < 4.78 is 1.93. The molecule has 0 aliphatic carbocycles. The summed E-state index contributed by atoms with van der Waals surface area (Å²) in [5.74, 6) is 0.290. The van der Waals surface area contributed by atoms with Gasteiger partial charge in [-0.05, 0) is 24.6 Å². The van der Waals surface area contributed by atoms with Gasteiger partial charge in [0.25, 0.3) is 0 Å². The predicted octanol–water partition coefficient (Wildman–Crippen LogP) is 3.46. The van der Waals surface area contributed by atoms with E-state index in [1.54, 1.807) is 24.7 Å². The molecule has 9 nitrogen and oxygen atoms in total. The molecule has 0 radical (unpaired) electrons. The smallest absolute Gasteiger partial charge is 0.224 e. The van der Waals surface area contributed by atoms with Crippen LogP contribution in [-0.4, -0.2) is 24.5 Å². The van der Waals surface area contributed by atoms with Gasteiger partial charge in [-0.25, -0.2) is 4.98 Å². The number of rotatable bonds is 5. The molecule has 4 heterocycles. The highest BCUT2D eigenvalue weighted by molar-refractivity contribution is 6.35. The molecule has 0 aliphatic rings. The molecule has 4 rings (SSSR count). The summed E-state index contributed by atoms with van der Waals surface area (Å²) in [6.07, 6.45) is 7.75. The second-order valence-corrected chi connectivity index (χ2v) is 6.97. The molecule has 0 aromatic carbocycles. The fourth-order valence-corrected chi connectivity index (χ4v) is 3.63. The summed E-state index contributed by atoms with van der Waals surface area (Å²) in [5.41, 5.74) is 14.2. The first-order valence-corrected chi connectivity index (χ1v) is 9.56.